The maximum absolute atomic E-state index is 14.1. The second kappa shape index (κ2) is 14.3. The molecule has 0 spiro atoms. The van der Waals surface area contributed by atoms with E-state index in [1.165, 1.54) is 30.0 Å². The van der Waals surface area contributed by atoms with Crippen molar-refractivity contribution in [3.05, 3.63) is 91.0 Å². The minimum Gasteiger partial charge on any atom is -0.497 e. The Hall–Kier alpha value is -5.76. The zero-order valence-corrected chi connectivity index (χ0v) is 30.0. The Labute approximate surface area is 306 Å². The summed E-state index contributed by atoms with van der Waals surface area (Å²) in [6.07, 6.45) is 4.47. The smallest absolute Gasteiger partial charge is 0.266 e. The molecule has 1 aromatic heterocycles. The van der Waals surface area contributed by atoms with Gasteiger partial charge in [-0.3, -0.25) is 19.2 Å². The van der Waals surface area contributed by atoms with Gasteiger partial charge in [0.15, 0.2) is 0 Å². The van der Waals surface area contributed by atoms with E-state index in [1.807, 2.05) is 54.6 Å². The number of hydrogen-bond donors (Lipinski definition) is 3. The molecule has 3 N–H and O–H groups in total. The quantitative estimate of drug-likeness (QED) is 0.244. The van der Waals surface area contributed by atoms with Crippen LogP contribution in [0.2, 0.25) is 0 Å². The number of hydrogen-bond acceptors (Lipinski definition) is 9. The minimum atomic E-state index is -4.46. The molecule has 4 amide bonds. The first-order chi connectivity index (χ1) is 25.5. The van der Waals surface area contributed by atoms with Gasteiger partial charge in [-0.15, -0.1) is 0 Å². The molecule has 2 aliphatic heterocycles. The lowest BCUT2D eigenvalue weighted by atomic mass is 10.1. The number of nitrogens with zero attached hydrogens (tertiary/aromatic N) is 2. The van der Waals surface area contributed by atoms with Crippen LogP contribution in [0.25, 0.3) is 22.2 Å². The molecular weight excluding hydrogens is 699 g/mol. The van der Waals surface area contributed by atoms with Gasteiger partial charge in [0.1, 0.15) is 34.1 Å². The van der Waals surface area contributed by atoms with Gasteiger partial charge in [-0.25, -0.2) is 18.1 Å². The molecule has 0 unspecified atom stereocenters. The van der Waals surface area contributed by atoms with Crippen molar-refractivity contribution < 1.29 is 37.1 Å². The number of aromatic nitrogens is 1. The summed E-state index contributed by atoms with van der Waals surface area (Å²) < 4.78 is 41.2. The van der Waals surface area contributed by atoms with Crippen LogP contribution in [0.5, 0.6) is 11.5 Å². The second-order valence-corrected chi connectivity index (χ2v) is 15.1. The van der Waals surface area contributed by atoms with E-state index < -0.39 is 45.4 Å². The number of pyridine rings is 1. The largest absolute Gasteiger partial charge is 0.497 e. The highest BCUT2D eigenvalue weighted by Crippen LogP contribution is 2.46. The van der Waals surface area contributed by atoms with Gasteiger partial charge in [-0.1, -0.05) is 54.6 Å². The molecule has 0 radical (unpaired) electrons. The lowest BCUT2D eigenvalue weighted by molar-refractivity contribution is -0.138. The van der Waals surface area contributed by atoms with Gasteiger partial charge >= 0.3 is 0 Å². The fourth-order valence-electron chi connectivity index (χ4n) is 7.03. The molecule has 3 heterocycles. The zero-order valence-electron chi connectivity index (χ0n) is 29.2. The summed E-state index contributed by atoms with van der Waals surface area (Å²) >= 11 is 0. The lowest BCUT2D eigenvalue weighted by Crippen LogP contribution is -2.56. The average Bonchev–Trinajstić information content (AvgIpc) is 3.67. The molecule has 274 valence electrons. The normalized spacial score (nSPS) is 24.4. The van der Waals surface area contributed by atoms with E-state index in [0.717, 1.165) is 10.9 Å². The summed E-state index contributed by atoms with van der Waals surface area (Å²) in [4.78, 5) is 59.4. The fraction of sp³-hybridized carbons (Fsp3) is 0.308. The number of likely N-dealkylation sites (tertiary alicyclic amines) is 1. The summed E-state index contributed by atoms with van der Waals surface area (Å²) in [6, 6.07) is 21.7. The van der Waals surface area contributed by atoms with Gasteiger partial charge in [0.05, 0.1) is 30.6 Å². The Morgan fingerprint density at radius 3 is 2.57 bits per heavy atom. The van der Waals surface area contributed by atoms with Crippen molar-refractivity contribution in [3.8, 4) is 22.8 Å². The van der Waals surface area contributed by atoms with Gasteiger partial charge in [-0.05, 0) is 43.5 Å². The van der Waals surface area contributed by atoms with Gasteiger partial charge in [0.2, 0.25) is 17.7 Å². The van der Waals surface area contributed by atoms with E-state index in [4.69, 9.17) is 14.5 Å². The first-order valence-electron chi connectivity index (χ1n) is 17.4. The van der Waals surface area contributed by atoms with Crippen LogP contribution >= 0.6 is 0 Å². The Kier molecular flexibility index (Phi) is 9.64. The molecule has 0 bridgehead atoms. The maximum Gasteiger partial charge on any atom is 0.266 e. The van der Waals surface area contributed by atoms with Crippen molar-refractivity contribution in [2.24, 2.45) is 5.92 Å². The van der Waals surface area contributed by atoms with Gasteiger partial charge < -0.3 is 25.0 Å². The number of carbonyl (C=O) groups excluding carboxylic acids is 4. The van der Waals surface area contributed by atoms with Crippen LogP contribution in [-0.4, -0.2) is 73.3 Å². The molecule has 4 aromatic rings. The number of rotatable bonds is 6. The molecule has 14 heteroatoms. The monoisotopic (exact) mass is 737 g/mol. The van der Waals surface area contributed by atoms with Crippen LogP contribution < -0.4 is 24.8 Å². The molecule has 7 rings (SSSR count). The molecular formula is C39H39N5O8S. The van der Waals surface area contributed by atoms with Crippen molar-refractivity contribution in [1.29, 1.82) is 0 Å². The predicted octanol–water partition coefficient (Wildman–Crippen LogP) is 4.34. The molecule has 3 aliphatic rings. The SMILES string of the molecule is COc1ccc2c(O[C@@H]3C[C@@H](C(=O)N[C@]45C[C@@H]4/C=C\CCCC(=O)Nc4ccccc4S(=O)(=O)NC5=O)N(C(C)=O)C3)cc(-c3ccccc3)nc2c1. The van der Waals surface area contributed by atoms with Crippen LogP contribution in [0.1, 0.15) is 39.0 Å². The van der Waals surface area contributed by atoms with E-state index >= 15 is 0 Å². The van der Waals surface area contributed by atoms with Crippen LogP contribution in [-0.2, 0) is 29.2 Å². The Bertz CT molecular complexity index is 2250. The number of fused-ring (bicyclic) bond motifs is 3. The third kappa shape index (κ3) is 7.31. The van der Waals surface area contributed by atoms with Crippen molar-refractivity contribution in [2.75, 3.05) is 19.0 Å². The van der Waals surface area contributed by atoms with Gasteiger partial charge in [0, 0.05) is 48.8 Å². The Balaban J connectivity index is 1.15. The number of nitrogens with one attached hydrogen (secondary N) is 3. The number of allylic oxidation sites excluding steroid dienone is 1. The molecule has 1 saturated carbocycles. The van der Waals surface area contributed by atoms with Crippen molar-refractivity contribution in [1.82, 2.24) is 19.9 Å². The number of sulfonamides is 1. The number of amides is 4. The van der Waals surface area contributed by atoms with Crippen molar-refractivity contribution >= 4 is 50.2 Å². The molecule has 53 heavy (non-hydrogen) atoms. The standard InChI is InChI=1S/C39H39N5O8S/c1-24(45)44-23-28(52-34-21-31(25-11-5-3-6-12-25)40-32-19-27(51-2)17-18-29(32)34)20-33(44)37(47)42-39-22-26(39)13-7-4-8-16-36(46)41-30-14-9-10-15-35(30)53(49,50)43-38(39)48/h3,5-7,9-15,17-19,21,26,28,33H,4,8,16,20,22-23H2,1-2H3,(H,41,46)(H,42,47)(H,43,48)/b13-7-/t26-,28+,33-,39+/m0/s1. The zero-order chi connectivity index (χ0) is 37.3. The number of ether oxygens (including phenoxy) is 2. The average molecular weight is 738 g/mol. The van der Waals surface area contributed by atoms with Crippen LogP contribution in [0, 0.1) is 5.92 Å². The summed E-state index contributed by atoms with van der Waals surface area (Å²) in [5.74, 6) is -1.58. The van der Waals surface area contributed by atoms with E-state index in [1.54, 1.807) is 25.3 Å². The maximum atomic E-state index is 14.1. The minimum absolute atomic E-state index is 0.0435. The molecule has 1 aliphatic carbocycles. The molecule has 2 fully saturated rings. The molecule has 13 nitrogen and oxygen atoms in total. The van der Waals surface area contributed by atoms with E-state index in [2.05, 4.69) is 15.4 Å². The lowest BCUT2D eigenvalue weighted by Gasteiger charge is -2.25. The van der Waals surface area contributed by atoms with Crippen LogP contribution in [0.4, 0.5) is 5.69 Å². The first-order valence-corrected chi connectivity index (χ1v) is 18.9. The topological polar surface area (TPSA) is 173 Å². The highest BCUT2D eigenvalue weighted by molar-refractivity contribution is 7.90. The Morgan fingerprint density at radius 1 is 1.02 bits per heavy atom. The number of carbonyl (C=O) groups is 4. The second-order valence-electron chi connectivity index (χ2n) is 13.5. The summed E-state index contributed by atoms with van der Waals surface area (Å²) in [5, 5.41) is 6.19. The third-order valence-electron chi connectivity index (χ3n) is 9.90. The number of methoxy groups -OCH3 is 1. The van der Waals surface area contributed by atoms with E-state index in [9.17, 15) is 27.6 Å². The summed E-state index contributed by atoms with van der Waals surface area (Å²) in [7, 11) is -2.89. The Morgan fingerprint density at radius 2 is 1.79 bits per heavy atom. The van der Waals surface area contributed by atoms with Gasteiger partial charge in [-0.2, -0.15) is 0 Å². The fourth-order valence-corrected chi connectivity index (χ4v) is 8.23. The summed E-state index contributed by atoms with van der Waals surface area (Å²) in [6.45, 7) is 1.47. The number of anilines is 1. The number of benzene rings is 3. The van der Waals surface area contributed by atoms with Crippen LogP contribution in [0.15, 0.2) is 95.9 Å². The highest BCUT2D eigenvalue weighted by Gasteiger charge is 2.61. The first kappa shape index (κ1) is 35.6. The highest BCUT2D eigenvalue weighted by atomic mass is 32.2. The summed E-state index contributed by atoms with van der Waals surface area (Å²) in [5.41, 5.74) is 0.656. The van der Waals surface area contributed by atoms with Gasteiger partial charge in [0.25, 0.3) is 15.9 Å². The van der Waals surface area contributed by atoms with E-state index in [0.29, 0.717) is 35.6 Å². The predicted molar refractivity (Wildman–Crippen MR) is 196 cm³/mol. The van der Waals surface area contributed by atoms with E-state index in [-0.39, 0.29) is 48.2 Å². The molecule has 1 saturated heterocycles. The van der Waals surface area contributed by atoms with Crippen molar-refractivity contribution in [2.45, 2.75) is 61.6 Å². The molecule has 4 atom stereocenters. The third-order valence-corrected chi connectivity index (χ3v) is 11.3. The van der Waals surface area contributed by atoms with Crippen LogP contribution in [0.3, 0.4) is 0 Å². The van der Waals surface area contributed by atoms with Crippen molar-refractivity contribution in [3.63, 3.8) is 0 Å². The number of para-hydroxylation sites is 1. The molecule has 3 aromatic carbocycles.